The Morgan fingerprint density at radius 2 is 2.00 bits per heavy atom. The highest BCUT2D eigenvalue weighted by Crippen LogP contribution is 2.32. The number of nitrogens with zero attached hydrogens (tertiary/aromatic N) is 1. The molecule has 152 valence electrons. The van der Waals surface area contributed by atoms with Crippen LogP contribution in [0.15, 0.2) is 52.7 Å². The van der Waals surface area contributed by atoms with Crippen LogP contribution in [0.2, 0.25) is 0 Å². The maximum Gasteiger partial charge on any atom is 0.341 e. The lowest BCUT2D eigenvalue weighted by atomic mass is 10.2. The molecule has 7 nitrogen and oxygen atoms in total. The number of hydrogen-bond acceptors (Lipinski definition) is 7. The lowest BCUT2D eigenvalue weighted by Crippen LogP contribution is -2.19. The number of sulfonamides is 1. The summed E-state index contributed by atoms with van der Waals surface area (Å²) in [4.78, 5) is 16.4. The second kappa shape index (κ2) is 8.68. The SMILES string of the molecule is CNS(=O)(=O)c1ccc(F)c(C(=O)OCc2csc(-c3ccccc3OC)n2)c1. The van der Waals surface area contributed by atoms with E-state index >= 15 is 0 Å². The van der Waals surface area contributed by atoms with E-state index in [9.17, 15) is 17.6 Å². The molecule has 0 fully saturated rings. The molecule has 2 aromatic carbocycles. The molecule has 10 heteroatoms. The number of halogens is 1. The summed E-state index contributed by atoms with van der Waals surface area (Å²) in [5.41, 5.74) is 0.804. The number of thiazole rings is 1. The molecule has 0 aliphatic heterocycles. The number of carbonyl (C=O) groups is 1. The molecular weight excluding hydrogens is 419 g/mol. The number of carbonyl (C=O) groups excluding carboxylic acids is 1. The Kier molecular flexibility index (Phi) is 6.26. The third-order valence-electron chi connectivity index (χ3n) is 3.98. The molecule has 0 saturated carbocycles. The van der Waals surface area contributed by atoms with Crippen LogP contribution in [0.25, 0.3) is 10.6 Å². The van der Waals surface area contributed by atoms with Gasteiger partial charge >= 0.3 is 5.97 Å². The van der Waals surface area contributed by atoms with Crippen LogP contribution in [0.3, 0.4) is 0 Å². The van der Waals surface area contributed by atoms with Crippen LogP contribution in [0.5, 0.6) is 5.75 Å². The van der Waals surface area contributed by atoms with Gasteiger partial charge in [0.1, 0.15) is 23.2 Å². The van der Waals surface area contributed by atoms with Crippen molar-refractivity contribution in [2.75, 3.05) is 14.2 Å². The van der Waals surface area contributed by atoms with Gasteiger partial charge in [-0.05, 0) is 37.4 Å². The number of esters is 1. The predicted molar refractivity (Wildman–Crippen MR) is 106 cm³/mol. The number of rotatable bonds is 7. The number of aromatic nitrogens is 1. The number of benzene rings is 2. The molecule has 1 heterocycles. The predicted octanol–water partition coefficient (Wildman–Crippen LogP) is 3.22. The number of nitrogens with one attached hydrogen (secondary N) is 1. The molecular formula is C19H17FN2O5S2. The number of ether oxygens (including phenoxy) is 2. The van der Waals surface area contributed by atoms with Crippen molar-refractivity contribution in [2.45, 2.75) is 11.5 Å². The van der Waals surface area contributed by atoms with Gasteiger partial charge in [0, 0.05) is 5.38 Å². The van der Waals surface area contributed by atoms with Crippen LogP contribution in [-0.2, 0) is 21.4 Å². The van der Waals surface area contributed by atoms with E-state index in [2.05, 4.69) is 9.71 Å². The number of para-hydroxylation sites is 1. The first-order valence-corrected chi connectivity index (χ1v) is 10.7. The minimum absolute atomic E-state index is 0.188. The molecule has 1 aromatic heterocycles. The van der Waals surface area contributed by atoms with Gasteiger partial charge in [-0.1, -0.05) is 12.1 Å². The maximum atomic E-state index is 14.0. The molecule has 0 radical (unpaired) electrons. The summed E-state index contributed by atoms with van der Waals surface area (Å²) in [6, 6.07) is 10.3. The fraction of sp³-hybridized carbons (Fsp3) is 0.158. The summed E-state index contributed by atoms with van der Waals surface area (Å²) in [6.45, 7) is -0.188. The van der Waals surface area contributed by atoms with E-state index in [-0.39, 0.29) is 11.5 Å². The Balaban J connectivity index is 1.75. The van der Waals surface area contributed by atoms with Gasteiger partial charge in [0.15, 0.2) is 0 Å². The van der Waals surface area contributed by atoms with Crippen molar-refractivity contribution in [3.63, 3.8) is 0 Å². The average molecular weight is 436 g/mol. The Hall–Kier alpha value is -2.82. The van der Waals surface area contributed by atoms with Crippen molar-refractivity contribution < 1.29 is 27.1 Å². The largest absolute Gasteiger partial charge is 0.496 e. The molecule has 0 aliphatic carbocycles. The molecule has 3 aromatic rings. The van der Waals surface area contributed by atoms with Crippen molar-refractivity contribution in [2.24, 2.45) is 0 Å². The zero-order valence-electron chi connectivity index (χ0n) is 15.5. The fourth-order valence-electron chi connectivity index (χ4n) is 2.48. The number of methoxy groups -OCH3 is 1. The second-order valence-electron chi connectivity index (χ2n) is 5.77. The molecule has 0 atom stereocenters. The van der Waals surface area contributed by atoms with Crippen molar-refractivity contribution in [3.05, 3.63) is 64.9 Å². The monoisotopic (exact) mass is 436 g/mol. The van der Waals surface area contributed by atoms with Gasteiger partial charge in [-0.2, -0.15) is 0 Å². The highest BCUT2D eigenvalue weighted by Gasteiger charge is 2.20. The van der Waals surface area contributed by atoms with E-state index in [0.29, 0.717) is 16.5 Å². The Morgan fingerprint density at radius 1 is 1.24 bits per heavy atom. The zero-order chi connectivity index (χ0) is 21.0. The summed E-state index contributed by atoms with van der Waals surface area (Å²) >= 11 is 1.35. The van der Waals surface area contributed by atoms with Crippen molar-refractivity contribution in [1.29, 1.82) is 0 Å². The average Bonchev–Trinajstić information content (AvgIpc) is 3.21. The molecule has 0 spiro atoms. The normalized spacial score (nSPS) is 11.3. The molecule has 0 amide bonds. The van der Waals surface area contributed by atoms with Crippen molar-refractivity contribution >= 4 is 27.3 Å². The molecule has 3 rings (SSSR count). The minimum Gasteiger partial charge on any atom is -0.496 e. The highest BCUT2D eigenvalue weighted by atomic mass is 32.2. The first-order valence-electron chi connectivity index (χ1n) is 8.33. The summed E-state index contributed by atoms with van der Waals surface area (Å²) in [7, 11) is -1.04. The minimum atomic E-state index is -3.82. The second-order valence-corrected chi connectivity index (χ2v) is 8.51. The fourth-order valence-corrected chi connectivity index (χ4v) is 4.07. The van der Waals surface area contributed by atoms with Gasteiger partial charge in [-0.25, -0.2) is 27.3 Å². The number of hydrogen-bond donors (Lipinski definition) is 1. The van der Waals surface area contributed by atoms with E-state index < -0.39 is 27.4 Å². The smallest absolute Gasteiger partial charge is 0.341 e. The quantitative estimate of drug-likeness (QED) is 0.572. The molecule has 29 heavy (non-hydrogen) atoms. The van der Waals surface area contributed by atoms with Crippen LogP contribution in [0.4, 0.5) is 4.39 Å². The summed E-state index contributed by atoms with van der Waals surface area (Å²) in [5.74, 6) is -1.20. The Morgan fingerprint density at radius 3 is 2.72 bits per heavy atom. The van der Waals surface area contributed by atoms with Crippen molar-refractivity contribution in [3.8, 4) is 16.3 Å². The van der Waals surface area contributed by atoms with Gasteiger partial charge in [-0.3, -0.25) is 0 Å². The van der Waals surface area contributed by atoms with Crippen LogP contribution < -0.4 is 9.46 Å². The van der Waals surface area contributed by atoms with Gasteiger partial charge in [0.25, 0.3) is 0 Å². The lowest BCUT2D eigenvalue weighted by molar-refractivity contribution is 0.0462. The lowest BCUT2D eigenvalue weighted by Gasteiger charge is -2.07. The van der Waals surface area contributed by atoms with Crippen molar-refractivity contribution in [1.82, 2.24) is 9.71 Å². The van der Waals surface area contributed by atoms with E-state index in [1.54, 1.807) is 12.5 Å². The van der Waals surface area contributed by atoms with E-state index in [0.717, 1.165) is 23.8 Å². The Bertz CT molecular complexity index is 1150. The van der Waals surface area contributed by atoms with E-state index in [4.69, 9.17) is 9.47 Å². The topological polar surface area (TPSA) is 94.6 Å². The van der Waals surface area contributed by atoms with Crippen LogP contribution >= 0.6 is 11.3 Å². The summed E-state index contributed by atoms with van der Waals surface area (Å²) in [5, 5.41) is 2.40. The Labute approximate surface area is 171 Å². The van der Waals surface area contributed by atoms with Gasteiger partial charge in [-0.15, -0.1) is 11.3 Å². The van der Waals surface area contributed by atoms with Crippen LogP contribution in [-0.4, -0.2) is 33.5 Å². The van der Waals surface area contributed by atoms with Gasteiger partial charge in [0.05, 0.1) is 28.8 Å². The standard InChI is InChI=1S/C19H17FN2O5S2/c1-21-29(24,25)13-7-8-16(20)15(9-13)19(23)27-10-12-11-28-18(22-12)14-5-3-4-6-17(14)26-2/h3-9,11,21H,10H2,1-2H3. The summed E-state index contributed by atoms with van der Waals surface area (Å²) < 4.78 is 50.2. The first-order chi connectivity index (χ1) is 13.9. The van der Waals surface area contributed by atoms with E-state index in [1.807, 2.05) is 24.3 Å². The van der Waals surface area contributed by atoms with Crippen LogP contribution in [0.1, 0.15) is 16.1 Å². The van der Waals surface area contributed by atoms with E-state index in [1.165, 1.54) is 18.4 Å². The first kappa shape index (κ1) is 20.9. The molecule has 0 aliphatic rings. The van der Waals surface area contributed by atoms with Crippen LogP contribution in [0, 0.1) is 5.82 Å². The summed E-state index contributed by atoms with van der Waals surface area (Å²) in [6.07, 6.45) is 0. The molecule has 0 bridgehead atoms. The van der Waals surface area contributed by atoms with Gasteiger partial charge < -0.3 is 9.47 Å². The zero-order valence-corrected chi connectivity index (χ0v) is 17.1. The molecule has 0 unspecified atom stereocenters. The molecule has 1 N–H and O–H groups in total. The third-order valence-corrected chi connectivity index (χ3v) is 6.31. The highest BCUT2D eigenvalue weighted by molar-refractivity contribution is 7.89. The third kappa shape index (κ3) is 4.61. The van der Waals surface area contributed by atoms with Gasteiger partial charge in [0.2, 0.25) is 10.0 Å². The maximum absolute atomic E-state index is 14.0. The molecule has 0 saturated heterocycles.